The van der Waals surface area contributed by atoms with Crippen molar-refractivity contribution in [2.75, 3.05) is 11.2 Å². The molecule has 10 heteroatoms. The number of nitrogens with zero attached hydrogens (tertiary/aromatic N) is 6. The lowest BCUT2D eigenvalue weighted by Crippen LogP contribution is -2.33. The summed E-state index contributed by atoms with van der Waals surface area (Å²) in [5.41, 5.74) is 1.41. The fourth-order valence-electron chi connectivity index (χ4n) is 2.87. The zero-order valence-electron chi connectivity index (χ0n) is 16.6. The van der Waals surface area contributed by atoms with Gasteiger partial charge in [0, 0.05) is 17.0 Å². The van der Waals surface area contributed by atoms with E-state index in [0.29, 0.717) is 27.7 Å². The second-order valence-corrected chi connectivity index (χ2v) is 8.23. The topological polar surface area (TPSA) is 90.5 Å². The summed E-state index contributed by atoms with van der Waals surface area (Å²) in [5, 5.41) is 13.2. The standard InChI is InChI=1S/C20H19Cl2N7O/c1-12-8-16(26-19(30)20(2,3)10-21)29(27-12)18-15-9-25-28(17(15)23-11-24-18)14-6-4-13(22)5-7-14/h4-9,11H,10H2,1-3H3,(H,26,30). The summed E-state index contributed by atoms with van der Waals surface area (Å²) < 4.78 is 3.28. The number of hydrogen-bond donors (Lipinski definition) is 1. The summed E-state index contributed by atoms with van der Waals surface area (Å²) in [6, 6.07) is 9.06. The lowest BCUT2D eigenvalue weighted by Gasteiger charge is -2.20. The Hall–Kier alpha value is -2.97. The minimum absolute atomic E-state index is 0.192. The number of nitrogens with one attached hydrogen (secondary N) is 1. The van der Waals surface area contributed by atoms with Crippen LogP contribution in [0.4, 0.5) is 5.82 Å². The summed E-state index contributed by atoms with van der Waals surface area (Å²) in [6.45, 7) is 5.40. The van der Waals surface area contributed by atoms with Gasteiger partial charge < -0.3 is 5.32 Å². The van der Waals surface area contributed by atoms with E-state index in [0.717, 1.165) is 11.4 Å². The minimum Gasteiger partial charge on any atom is -0.310 e. The Kier molecular flexibility index (Phi) is 5.21. The number of carbonyl (C=O) groups is 1. The number of carbonyl (C=O) groups excluding carboxylic acids is 1. The van der Waals surface area contributed by atoms with Crippen LogP contribution in [0.5, 0.6) is 0 Å². The molecule has 1 aromatic carbocycles. The maximum absolute atomic E-state index is 12.6. The van der Waals surface area contributed by atoms with Gasteiger partial charge in [-0.25, -0.2) is 14.6 Å². The quantitative estimate of drug-likeness (QED) is 0.467. The molecule has 4 rings (SSSR count). The first-order valence-corrected chi connectivity index (χ1v) is 10.1. The van der Waals surface area contributed by atoms with Crippen LogP contribution >= 0.6 is 23.2 Å². The summed E-state index contributed by atoms with van der Waals surface area (Å²) in [6.07, 6.45) is 3.11. The van der Waals surface area contributed by atoms with Crippen molar-refractivity contribution in [3.05, 3.63) is 53.6 Å². The van der Waals surface area contributed by atoms with Gasteiger partial charge in [0.15, 0.2) is 11.5 Å². The van der Waals surface area contributed by atoms with Gasteiger partial charge >= 0.3 is 0 Å². The number of hydrogen-bond acceptors (Lipinski definition) is 5. The van der Waals surface area contributed by atoms with Crippen molar-refractivity contribution in [2.24, 2.45) is 5.41 Å². The maximum Gasteiger partial charge on any atom is 0.232 e. The van der Waals surface area contributed by atoms with Crippen LogP contribution in [-0.4, -0.2) is 41.3 Å². The predicted octanol–water partition coefficient (Wildman–Crippen LogP) is 4.17. The van der Waals surface area contributed by atoms with Crippen molar-refractivity contribution in [3.63, 3.8) is 0 Å². The highest BCUT2D eigenvalue weighted by Gasteiger charge is 2.28. The van der Waals surface area contributed by atoms with Crippen LogP contribution in [-0.2, 0) is 4.79 Å². The first-order valence-electron chi connectivity index (χ1n) is 9.19. The van der Waals surface area contributed by atoms with Crippen molar-refractivity contribution in [1.82, 2.24) is 29.5 Å². The average molecular weight is 444 g/mol. The van der Waals surface area contributed by atoms with Crippen molar-refractivity contribution in [3.8, 4) is 11.5 Å². The molecule has 0 saturated heterocycles. The lowest BCUT2D eigenvalue weighted by atomic mass is 9.95. The molecule has 0 fully saturated rings. The summed E-state index contributed by atoms with van der Waals surface area (Å²) in [7, 11) is 0. The number of halogens is 2. The molecule has 0 radical (unpaired) electrons. The molecule has 4 aromatic rings. The summed E-state index contributed by atoms with van der Waals surface area (Å²) in [5.74, 6) is 0.987. The molecule has 0 aliphatic carbocycles. The zero-order chi connectivity index (χ0) is 21.5. The highest BCUT2D eigenvalue weighted by molar-refractivity contribution is 6.30. The van der Waals surface area contributed by atoms with Crippen LogP contribution in [0.2, 0.25) is 5.02 Å². The maximum atomic E-state index is 12.6. The van der Waals surface area contributed by atoms with E-state index in [-0.39, 0.29) is 11.8 Å². The molecule has 0 atom stereocenters. The molecule has 0 bridgehead atoms. The van der Waals surface area contributed by atoms with E-state index in [1.54, 1.807) is 47.6 Å². The molecule has 0 saturated carbocycles. The van der Waals surface area contributed by atoms with Crippen LogP contribution in [0, 0.1) is 12.3 Å². The van der Waals surface area contributed by atoms with Crippen LogP contribution in [0.1, 0.15) is 19.5 Å². The van der Waals surface area contributed by atoms with Gasteiger partial charge in [0.05, 0.1) is 28.4 Å². The van der Waals surface area contributed by atoms with E-state index in [2.05, 4.69) is 25.5 Å². The molecular formula is C20H19Cl2N7O. The van der Waals surface area contributed by atoms with Crippen LogP contribution in [0.15, 0.2) is 42.9 Å². The highest BCUT2D eigenvalue weighted by atomic mass is 35.5. The van der Waals surface area contributed by atoms with Gasteiger partial charge in [0.2, 0.25) is 5.91 Å². The van der Waals surface area contributed by atoms with Gasteiger partial charge in [-0.3, -0.25) is 4.79 Å². The number of aromatic nitrogens is 6. The highest BCUT2D eigenvalue weighted by Crippen LogP contribution is 2.26. The average Bonchev–Trinajstić information content (AvgIpc) is 3.32. The first kappa shape index (κ1) is 20.3. The predicted molar refractivity (Wildman–Crippen MR) is 117 cm³/mol. The first-order chi connectivity index (χ1) is 14.3. The van der Waals surface area contributed by atoms with Gasteiger partial charge in [0.25, 0.3) is 0 Å². The molecule has 0 aliphatic rings. The normalized spacial score (nSPS) is 11.8. The minimum atomic E-state index is -0.731. The largest absolute Gasteiger partial charge is 0.310 e. The van der Waals surface area contributed by atoms with Gasteiger partial charge in [-0.2, -0.15) is 14.9 Å². The molecule has 0 unspecified atom stereocenters. The number of anilines is 1. The number of fused-ring (bicyclic) bond motifs is 1. The number of alkyl halides is 1. The molecule has 0 spiro atoms. The van der Waals surface area contributed by atoms with Crippen molar-refractivity contribution in [1.29, 1.82) is 0 Å². The monoisotopic (exact) mass is 443 g/mol. The van der Waals surface area contributed by atoms with E-state index in [1.807, 2.05) is 19.1 Å². The Morgan fingerprint density at radius 3 is 2.60 bits per heavy atom. The summed E-state index contributed by atoms with van der Waals surface area (Å²) in [4.78, 5) is 21.4. The Morgan fingerprint density at radius 2 is 1.90 bits per heavy atom. The van der Waals surface area contributed by atoms with Crippen LogP contribution in [0.25, 0.3) is 22.5 Å². The van der Waals surface area contributed by atoms with E-state index < -0.39 is 5.41 Å². The van der Waals surface area contributed by atoms with Crippen molar-refractivity contribution < 1.29 is 4.79 Å². The van der Waals surface area contributed by atoms with Gasteiger partial charge in [0.1, 0.15) is 12.1 Å². The Morgan fingerprint density at radius 1 is 1.17 bits per heavy atom. The molecule has 8 nitrogen and oxygen atoms in total. The van der Waals surface area contributed by atoms with Crippen LogP contribution in [0.3, 0.4) is 0 Å². The third-order valence-electron chi connectivity index (χ3n) is 4.64. The third-order valence-corrected chi connectivity index (χ3v) is 5.56. The Bertz CT molecular complexity index is 1230. The molecule has 1 N–H and O–H groups in total. The van der Waals surface area contributed by atoms with Crippen molar-refractivity contribution >= 4 is 46.0 Å². The van der Waals surface area contributed by atoms with Gasteiger partial charge in [-0.1, -0.05) is 11.6 Å². The smallest absolute Gasteiger partial charge is 0.232 e. The second-order valence-electron chi connectivity index (χ2n) is 7.52. The molecule has 0 aliphatic heterocycles. The number of benzene rings is 1. The fraction of sp³-hybridized carbons (Fsp3) is 0.250. The second kappa shape index (κ2) is 7.70. The Balaban J connectivity index is 1.80. The molecule has 3 heterocycles. The number of amides is 1. The number of aryl methyl sites for hydroxylation is 1. The molecule has 30 heavy (non-hydrogen) atoms. The molecule has 1 amide bonds. The van der Waals surface area contributed by atoms with E-state index in [4.69, 9.17) is 23.2 Å². The van der Waals surface area contributed by atoms with Gasteiger partial charge in [-0.15, -0.1) is 11.6 Å². The fourth-order valence-corrected chi connectivity index (χ4v) is 3.12. The SMILES string of the molecule is Cc1cc(NC(=O)C(C)(C)CCl)n(-c2ncnc3c2cnn3-c2ccc(Cl)cc2)n1. The Labute approximate surface area is 182 Å². The molecule has 154 valence electrons. The van der Waals surface area contributed by atoms with E-state index in [1.165, 1.54) is 6.33 Å². The van der Waals surface area contributed by atoms with Gasteiger partial charge in [-0.05, 0) is 45.0 Å². The van der Waals surface area contributed by atoms with Crippen LogP contribution < -0.4 is 5.32 Å². The molecule has 3 aromatic heterocycles. The number of rotatable bonds is 5. The third kappa shape index (κ3) is 3.64. The lowest BCUT2D eigenvalue weighted by molar-refractivity contribution is -0.123. The van der Waals surface area contributed by atoms with E-state index >= 15 is 0 Å². The van der Waals surface area contributed by atoms with Crippen molar-refractivity contribution in [2.45, 2.75) is 20.8 Å². The zero-order valence-corrected chi connectivity index (χ0v) is 18.1. The molecular weight excluding hydrogens is 425 g/mol. The summed E-state index contributed by atoms with van der Waals surface area (Å²) >= 11 is 11.9. The van der Waals surface area contributed by atoms with E-state index in [9.17, 15) is 4.79 Å².